The zero-order valence-corrected chi connectivity index (χ0v) is 22.7. The Morgan fingerprint density at radius 3 is 2.40 bits per heavy atom. The van der Waals surface area contributed by atoms with E-state index < -0.39 is 29.5 Å². The monoisotopic (exact) mass is 605 g/mol. The molecule has 0 spiro atoms. The number of carbonyl (C=O) groups is 5. The number of aliphatic carboxylic acids is 1. The number of hydrogen-bond donors (Lipinski definition) is 2. The summed E-state index contributed by atoms with van der Waals surface area (Å²) in [6.07, 6.45) is 2.08. The summed E-state index contributed by atoms with van der Waals surface area (Å²) in [5.41, 5.74) is 6.85. The van der Waals surface area contributed by atoms with Crippen LogP contribution in [0.3, 0.4) is 0 Å². The Hall–Kier alpha value is -4.52. The molecule has 13 heteroatoms. The van der Waals surface area contributed by atoms with E-state index in [2.05, 4.69) is 4.74 Å². The molecule has 2 aliphatic heterocycles. The molecule has 2 heterocycles. The minimum atomic E-state index is -1.28. The van der Waals surface area contributed by atoms with Crippen LogP contribution in [-0.2, 0) is 25.5 Å². The topological polar surface area (TPSA) is 147 Å². The first kappa shape index (κ1) is 34.7. The van der Waals surface area contributed by atoms with Gasteiger partial charge in [0.25, 0.3) is 12.4 Å². The molecule has 3 atom stereocenters. The largest absolute Gasteiger partial charge is 0.478 e. The second kappa shape index (κ2) is 15.6. The molecule has 232 valence electrons. The molecule has 4 rings (SSSR count). The van der Waals surface area contributed by atoms with Crippen LogP contribution in [0, 0.1) is 23.4 Å². The van der Waals surface area contributed by atoms with Crippen molar-refractivity contribution in [3.8, 4) is 0 Å². The van der Waals surface area contributed by atoms with Crippen LogP contribution in [0.5, 0.6) is 0 Å². The predicted molar refractivity (Wildman–Crippen MR) is 149 cm³/mol. The molecule has 0 aliphatic carbocycles. The Bertz CT molecular complexity index is 1380. The molecule has 0 saturated carbocycles. The van der Waals surface area contributed by atoms with Gasteiger partial charge in [-0.1, -0.05) is 19.6 Å². The summed E-state index contributed by atoms with van der Waals surface area (Å²) in [5, 5.41) is 7.86. The van der Waals surface area contributed by atoms with Gasteiger partial charge in [-0.15, -0.1) is 0 Å². The van der Waals surface area contributed by atoms with Crippen molar-refractivity contribution in [2.45, 2.75) is 45.7 Å². The number of rotatable bonds is 9. The lowest BCUT2D eigenvalue weighted by atomic mass is 10.0. The number of benzene rings is 2. The summed E-state index contributed by atoms with van der Waals surface area (Å²) in [7, 11) is 0. The minimum Gasteiger partial charge on any atom is -0.478 e. The van der Waals surface area contributed by atoms with Crippen LogP contribution in [0.15, 0.2) is 48.7 Å². The van der Waals surface area contributed by atoms with E-state index in [4.69, 9.17) is 10.8 Å². The number of fused-ring (bicyclic) bond motifs is 1. The van der Waals surface area contributed by atoms with Gasteiger partial charge in [-0.05, 0) is 43.5 Å². The first-order chi connectivity index (χ1) is 19.9. The highest BCUT2D eigenvalue weighted by atomic mass is 19.2. The van der Waals surface area contributed by atoms with Gasteiger partial charge in [0.2, 0.25) is 5.91 Å². The molecule has 2 aromatic carbocycles. The Kier molecular flexibility index (Phi) is 12.6. The molecule has 2 saturated heterocycles. The predicted octanol–water partition coefficient (Wildman–Crippen LogP) is 3.33. The van der Waals surface area contributed by atoms with Crippen molar-refractivity contribution in [1.29, 1.82) is 0 Å². The SMILES string of the molecule is C.CC(=O)c1cccc(C(=O)N2C[C@@H]3CCN(C(=O)C[C@H](N)Cc4cc(F)c(F)cc4F)[C@@H]3C2)c1.O=CO/C=C/C(=O)O. The first-order valence-corrected chi connectivity index (χ1v) is 13.0. The highest BCUT2D eigenvalue weighted by Crippen LogP contribution is 2.33. The van der Waals surface area contributed by atoms with Gasteiger partial charge < -0.3 is 25.4 Å². The maximum atomic E-state index is 13.9. The third kappa shape index (κ3) is 9.23. The number of nitrogens with two attached hydrogens (primary N) is 1. The van der Waals surface area contributed by atoms with Crippen LogP contribution in [0.2, 0.25) is 0 Å². The fourth-order valence-electron chi connectivity index (χ4n) is 5.04. The number of ketones is 1. The number of carbonyl (C=O) groups excluding carboxylic acids is 4. The number of ether oxygens (including phenoxy) is 1. The zero-order chi connectivity index (χ0) is 31.0. The Balaban J connectivity index is 0.000000632. The van der Waals surface area contributed by atoms with Gasteiger partial charge in [0.1, 0.15) is 12.1 Å². The third-order valence-corrected chi connectivity index (χ3v) is 7.02. The van der Waals surface area contributed by atoms with Gasteiger partial charge in [-0.3, -0.25) is 19.2 Å². The highest BCUT2D eigenvalue weighted by Gasteiger charge is 2.44. The molecule has 2 fully saturated rings. The summed E-state index contributed by atoms with van der Waals surface area (Å²) in [4.78, 5) is 59.9. The average molecular weight is 606 g/mol. The van der Waals surface area contributed by atoms with Crippen molar-refractivity contribution in [3.63, 3.8) is 0 Å². The molecule has 0 unspecified atom stereocenters. The van der Waals surface area contributed by atoms with E-state index in [0.717, 1.165) is 18.7 Å². The molecule has 0 aromatic heterocycles. The lowest BCUT2D eigenvalue weighted by Gasteiger charge is -2.26. The normalized spacial score (nSPS) is 17.8. The van der Waals surface area contributed by atoms with E-state index in [0.29, 0.717) is 42.9 Å². The van der Waals surface area contributed by atoms with Gasteiger partial charge in [0.15, 0.2) is 17.4 Å². The second-order valence-electron chi connectivity index (χ2n) is 9.95. The van der Waals surface area contributed by atoms with E-state index in [1.54, 1.807) is 34.1 Å². The van der Waals surface area contributed by atoms with Crippen molar-refractivity contribution >= 4 is 30.0 Å². The van der Waals surface area contributed by atoms with Gasteiger partial charge in [0, 0.05) is 55.2 Å². The van der Waals surface area contributed by atoms with E-state index in [1.165, 1.54) is 6.92 Å². The smallest absolute Gasteiger partial charge is 0.331 e. The van der Waals surface area contributed by atoms with Crippen molar-refractivity contribution in [2.24, 2.45) is 11.7 Å². The van der Waals surface area contributed by atoms with E-state index in [-0.39, 0.29) is 61.9 Å². The van der Waals surface area contributed by atoms with Gasteiger partial charge in [0.05, 0.1) is 12.1 Å². The van der Waals surface area contributed by atoms with Gasteiger partial charge >= 0.3 is 5.97 Å². The van der Waals surface area contributed by atoms with E-state index in [1.807, 2.05) is 0 Å². The summed E-state index contributed by atoms with van der Waals surface area (Å²) >= 11 is 0. The quantitative estimate of drug-likeness (QED) is 0.146. The maximum absolute atomic E-state index is 13.9. The van der Waals surface area contributed by atoms with Gasteiger partial charge in [-0.2, -0.15) is 0 Å². The number of halogens is 3. The molecule has 2 aromatic rings. The van der Waals surface area contributed by atoms with Gasteiger partial charge in [-0.25, -0.2) is 18.0 Å². The van der Waals surface area contributed by atoms with Crippen LogP contribution in [-0.4, -0.2) is 76.7 Å². The Morgan fingerprint density at radius 2 is 1.74 bits per heavy atom. The fourth-order valence-corrected chi connectivity index (χ4v) is 5.04. The molecule has 0 bridgehead atoms. The molecular weight excluding hydrogens is 571 g/mol. The lowest BCUT2D eigenvalue weighted by molar-refractivity contribution is -0.133. The Labute approximate surface area is 246 Å². The van der Waals surface area contributed by atoms with Crippen LogP contribution < -0.4 is 5.73 Å². The van der Waals surface area contributed by atoms with Crippen LogP contribution >= 0.6 is 0 Å². The molecule has 0 radical (unpaired) electrons. The number of carboxylic acid groups (broad SMARTS) is 1. The fraction of sp³-hybridized carbons (Fsp3) is 0.367. The summed E-state index contributed by atoms with van der Waals surface area (Å²) in [5.74, 6) is -4.86. The number of likely N-dealkylation sites (tertiary alicyclic amines) is 2. The van der Waals surface area contributed by atoms with Crippen molar-refractivity contribution in [1.82, 2.24) is 9.80 Å². The molecule has 43 heavy (non-hydrogen) atoms. The number of hydrogen-bond acceptors (Lipinski definition) is 7. The van der Waals surface area contributed by atoms with Crippen molar-refractivity contribution in [2.75, 3.05) is 19.6 Å². The molecule has 10 nitrogen and oxygen atoms in total. The van der Waals surface area contributed by atoms with E-state index in [9.17, 15) is 37.1 Å². The highest BCUT2D eigenvalue weighted by molar-refractivity contribution is 5.99. The number of amides is 2. The third-order valence-electron chi connectivity index (χ3n) is 7.02. The summed E-state index contributed by atoms with van der Waals surface area (Å²) in [6, 6.07) is 6.92. The minimum absolute atomic E-state index is 0. The number of carboxylic acids is 1. The van der Waals surface area contributed by atoms with Crippen molar-refractivity contribution < 1.29 is 47.0 Å². The van der Waals surface area contributed by atoms with Crippen molar-refractivity contribution in [3.05, 3.63) is 82.9 Å². The molecule has 2 amide bonds. The average Bonchev–Trinajstić information content (AvgIpc) is 3.53. The van der Waals surface area contributed by atoms with Crippen LogP contribution in [0.1, 0.15) is 53.5 Å². The van der Waals surface area contributed by atoms with Crippen LogP contribution in [0.4, 0.5) is 13.2 Å². The summed E-state index contributed by atoms with van der Waals surface area (Å²) < 4.78 is 44.4. The standard InChI is InChI=1S/C25H26F3N3O3.C4H4O4.CH4/c1-14(32)15-3-2-4-16(7-15)25(34)30-12-17-5-6-31(23(17)13-30)24(33)10-19(29)8-18-9-21(27)22(28)11-20(18)26;5-3-8-2-1-4(6)7;/h2-4,7,9,11,17,19,23H,5-6,8,10,12-13,29H2,1H3;1-3H,(H,6,7);1H4/b;2-1+;/t17-,19+,23+;;/m0../s1. The molecule has 3 N–H and O–H groups in total. The van der Waals surface area contributed by atoms with Crippen LogP contribution in [0.25, 0.3) is 0 Å². The maximum Gasteiger partial charge on any atom is 0.331 e. The zero-order valence-electron chi connectivity index (χ0n) is 22.7. The number of Topliss-reactive ketones (excluding diaryl/α,β-unsaturated/α-hetero) is 1. The second-order valence-corrected chi connectivity index (χ2v) is 9.95. The lowest BCUT2D eigenvalue weighted by Crippen LogP contribution is -2.43. The molecular formula is C30H34F3N3O7. The summed E-state index contributed by atoms with van der Waals surface area (Å²) in [6.45, 7) is 3.02. The Morgan fingerprint density at radius 1 is 1.07 bits per heavy atom. The molecule has 2 aliphatic rings. The first-order valence-electron chi connectivity index (χ1n) is 13.0. The van der Waals surface area contributed by atoms with E-state index >= 15 is 0 Å². The number of nitrogens with zero attached hydrogens (tertiary/aromatic N) is 2.